The van der Waals surface area contributed by atoms with Gasteiger partial charge in [-0.2, -0.15) is 0 Å². The van der Waals surface area contributed by atoms with E-state index in [1.165, 1.54) is 71.1 Å². The van der Waals surface area contributed by atoms with E-state index in [1.807, 2.05) is 12.1 Å². The van der Waals surface area contributed by atoms with Crippen LogP contribution in [0.1, 0.15) is 0 Å². The van der Waals surface area contributed by atoms with Crippen LogP contribution in [0.3, 0.4) is 0 Å². The molecular formula is C48H28O2. The molecule has 2 aromatic heterocycles. The van der Waals surface area contributed by atoms with Gasteiger partial charge in [0.1, 0.15) is 22.3 Å². The van der Waals surface area contributed by atoms with Gasteiger partial charge < -0.3 is 8.83 Å². The second kappa shape index (κ2) is 10.4. The average molecular weight is 637 g/mol. The summed E-state index contributed by atoms with van der Waals surface area (Å²) >= 11 is 0. The fourth-order valence-corrected chi connectivity index (χ4v) is 8.21. The lowest BCUT2D eigenvalue weighted by molar-refractivity contribution is 0.668. The molecule has 0 atom stereocenters. The van der Waals surface area contributed by atoms with Crippen LogP contribution in [0.15, 0.2) is 179 Å². The van der Waals surface area contributed by atoms with Crippen molar-refractivity contribution >= 4 is 76.2 Å². The van der Waals surface area contributed by atoms with E-state index < -0.39 is 0 Å². The number of benzene rings is 9. The lowest BCUT2D eigenvalue weighted by Gasteiger charge is -2.18. The molecule has 0 amide bonds. The molecule has 11 aromatic rings. The molecule has 0 bridgehead atoms. The fraction of sp³-hybridized carbons (Fsp3) is 0. The number of fused-ring (bicyclic) bond motifs is 10. The van der Waals surface area contributed by atoms with Gasteiger partial charge in [-0.3, -0.25) is 0 Å². The van der Waals surface area contributed by atoms with Crippen LogP contribution in [-0.2, 0) is 0 Å². The summed E-state index contributed by atoms with van der Waals surface area (Å²) in [5, 5.41) is 12.0. The minimum Gasteiger partial charge on any atom is -0.456 e. The van der Waals surface area contributed by atoms with Crippen molar-refractivity contribution in [3.05, 3.63) is 170 Å². The van der Waals surface area contributed by atoms with Gasteiger partial charge in [-0.05, 0) is 108 Å². The Hall–Kier alpha value is -6.64. The van der Waals surface area contributed by atoms with E-state index >= 15 is 0 Å². The minimum absolute atomic E-state index is 0.906. The average Bonchev–Trinajstić information content (AvgIpc) is 3.75. The van der Waals surface area contributed by atoms with Gasteiger partial charge in [0.2, 0.25) is 0 Å². The summed E-state index contributed by atoms with van der Waals surface area (Å²) < 4.78 is 12.5. The summed E-state index contributed by atoms with van der Waals surface area (Å²) in [5.74, 6) is 0. The van der Waals surface area contributed by atoms with Gasteiger partial charge in [0.25, 0.3) is 0 Å². The highest BCUT2D eigenvalue weighted by molar-refractivity contribution is 6.24. The largest absolute Gasteiger partial charge is 0.456 e. The first kappa shape index (κ1) is 27.3. The van der Waals surface area contributed by atoms with E-state index in [9.17, 15) is 0 Å². The van der Waals surface area contributed by atoms with Crippen LogP contribution in [0.4, 0.5) is 0 Å². The smallest absolute Gasteiger partial charge is 0.136 e. The molecule has 9 aromatic carbocycles. The normalized spacial score (nSPS) is 12.0. The van der Waals surface area contributed by atoms with Gasteiger partial charge in [0.15, 0.2) is 0 Å². The maximum atomic E-state index is 6.39. The van der Waals surface area contributed by atoms with Crippen LogP contribution in [0.2, 0.25) is 0 Å². The molecule has 0 aliphatic carbocycles. The summed E-state index contributed by atoms with van der Waals surface area (Å²) in [6.45, 7) is 0. The topological polar surface area (TPSA) is 26.3 Å². The van der Waals surface area contributed by atoms with Crippen molar-refractivity contribution in [2.45, 2.75) is 0 Å². The zero-order valence-corrected chi connectivity index (χ0v) is 27.0. The van der Waals surface area contributed by atoms with Gasteiger partial charge in [-0.25, -0.2) is 0 Å². The second-order valence-electron chi connectivity index (χ2n) is 13.2. The van der Waals surface area contributed by atoms with Crippen LogP contribution < -0.4 is 0 Å². The van der Waals surface area contributed by atoms with Crippen LogP contribution in [0, 0.1) is 0 Å². The van der Waals surface area contributed by atoms with E-state index in [0.29, 0.717) is 0 Å². The molecule has 232 valence electrons. The Morgan fingerprint density at radius 2 is 0.740 bits per heavy atom. The minimum atomic E-state index is 0.906. The quantitative estimate of drug-likeness (QED) is 0.180. The molecule has 2 heterocycles. The molecule has 0 saturated heterocycles. The first-order chi connectivity index (χ1) is 24.8. The van der Waals surface area contributed by atoms with E-state index in [4.69, 9.17) is 8.83 Å². The van der Waals surface area contributed by atoms with Crippen molar-refractivity contribution < 1.29 is 8.83 Å². The molecule has 0 radical (unpaired) electrons. The SMILES string of the molecule is c1cc(-c2ccc3oc4ccccc4c3c2)cc(-c2c3ccccc3c(-c3ccc4oc5ccc6ccccc6c5c4c3)c3ccccc23)c1. The van der Waals surface area contributed by atoms with Crippen LogP contribution in [-0.4, -0.2) is 0 Å². The molecule has 0 saturated carbocycles. The third kappa shape index (κ3) is 3.96. The lowest BCUT2D eigenvalue weighted by atomic mass is 9.85. The molecule has 0 unspecified atom stereocenters. The number of hydrogen-bond donors (Lipinski definition) is 0. The first-order valence-corrected chi connectivity index (χ1v) is 17.1. The predicted molar refractivity (Wildman–Crippen MR) is 210 cm³/mol. The fourth-order valence-electron chi connectivity index (χ4n) is 8.21. The standard InChI is InChI=1S/C48H28O2/c1-2-13-34-29(10-1)20-25-45-48(34)41-28-33(22-24-44(41)50-45)47-38-17-5-3-15-36(38)46(37-16-4-6-18-39(37)47)32-12-9-11-30(26-32)31-21-23-43-40(27-31)35-14-7-8-19-42(35)49-43/h1-28H. The molecule has 0 N–H and O–H groups in total. The highest BCUT2D eigenvalue weighted by Crippen LogP contribution is 2.46. The number of para-hydroxylation sites is 1. The molecule has 2 nitrogen and oxygen atoms in total. The zero-order chi connectivity index (χ0) is 32.8. The Bertz CT molecular complexity index is 3100. The van der Waals surface area contributed by atoms with Crippen LogP contribution in [0.25, 0.3) is 110 Å². The van der Waals surface area contributed by atoms with Gasteiger partial charge in [0.05, 0.1) is 0 Å². The molecule has 11 rings (SSSR count). The molecule has 2 heteroatoms. The Morgan fingerprint density at radius 1 is 0.260 bits per heavy atom. The molecular weight excluding hydrogens is 609 g/mol. The predicted octanol–water partition coefficient (Wildman–Crippen LogP) is 13.9. The maximum absolute atomic E-state index is 6.39. The van der Waals surface area contributed by atoms with Crippen LogP contribution in [0.5, 0.6) is 0 Å². The summed E-state index contributed by atoms with van der Waals surface area (Å²) in [5.41, 5.74) is 10.9. The zero-order valence-electron chi connectivity index (χ0n) is 27.0. The van der Waals surface area contributed by atoms with Gasteiger partial charge in [-0.15, -0.1) is 0 Å². The summed E-state index contributed by atoms with van der Waals surface area (Å²) in [6.07, 6.45) is 0. The Balaban J connectivity index is 1.14. The van der Waals surface area contributed by atoms with E-state index in [2.05, 4.69) is 158 Å². The lowest BCUT2D eigenvalue weighted by Crippen LogP contribution is -1.91. The van der Waals surface area contributed by atoms with E-state index in [1.54, 1.807) is 0 Å². The second-order valence-corrected chi connectivity index (χ2v) is 13.2. The van der Waals surface area contributed by atoms with Crippen molar-refractivity contribution in [3.63, 3.8) is 0 Å². The number of furan rings is 2. The molecule has 0 fully saturated rings. The van der Waals surface area contributed by atoms with Crippen molar-refractivity contribution in [3.8, 4) is 33.4 Å². The molecule has 0 aliphatic rings. The molecule has 0 spiro atoms. The van der Waals surface area contributed by atoms with Crippen LogP contribution >= 0.6 is 0 Å². The highest BCUT2D eigenvalue weighted by atomic mass is 16.3. The number of rotatable bonds is 3. The molecule has 0 aliphatic heterocycles. The van der Waals surface area contributed by atoms with Crippen molar-refractivity contribution in [1.29, 1.82) is 0 Å². The van der Waals surface area contributed by atoms with Gasteiger partial charge in [0, 0.05) is 21.5 Å². The third-order valence-electron chi connectivity index (χ3n) is 10.4. The van der Waals surface area contributed by atoms with Crippen molar-refractivity contribution in [2.75, 3.05) is 0 Å². The monoisotopic (exact) mass is 636 g/mol. The first-order valence-electron chi connectivity index (χ1n) is 17.1. The van der Waals surface area contributed by atoms with Gasteiger partial charge in [-0.1, -0.05) is 127 Å². The van der Waals surface area contributed by atoms with Gasteiger partial charge >= 0.3 is 0 Å². The Labute approximate surface area is 287 Å². The van der Waals surface area contributed by atoms with Crippen molar-refractivity contribution in [1.82, 2.24) is 0 Å². The summed E-state index contributed by atoms with van der Waals surface area (Å²) in [4.78, 5) is 0. The maximum Gasteiger partial charge on any atom is 0.136 e. The van der Waals surface area contributed by atoms with Crippen molar-refractivity contribution in [2.24, 2.45) is 0 Å². The third-order valence-corrected chi connectivity index (χ3v) is 10.4. The Morgan fingerprint density at radius 3 is 1.48 bits per heavy atom. The molecule has 50 heavy (non-hydrogen) atoms. The summed E-state index contributed by atoms with van der Waals surface area (Å²) in [7, 11) is 0. The van der Waals surface area contributed by atoms with E-state index in [-0.39, 0.29) is 0 Å². The number of hydrogen-bond acceptors (Lipinski definition) is 2. The highest BCUT2D eigenvalue weighted by Gasteiger charge is 2.19. The Kier molecular flexibility index (Phi) is 5.70. The summed E-state index contributed by atoms with van der Waals surface area (Å²) in [6, 6.07) is 61.0. The van der Waals surface area contributed by atoms with E-state index in [0.717, 1.165) is 38.5 Å².